The van der Waals surface area contributed by atoms with Gasteiger partial charge in [0.05, 0.1) is 0 Å². The van der Waals surface area contributed by atoms with Crippen LogP contribution in [0.4, 0.5) is 0 Å². The molecule has 0 bridgehead atoms. The number of rotatable bonds is 0. The summed E-state index contributed by atoms with van der Waals surface area (Å²) in [4.78, 5) is 0. The first-order valence-electron chi connectivity index (χ1n) is 4.42. The summed E-state index contributed by atoms with van der Waals surface area (Å²) in [7, 11) is 0. The molecule has 3 nitrogen and oxygen atoms in total. The zero-order chi connectivity index (χ0) is 9.53. The first-order valence-corrected chi connectivity index (χ1v) is 6.74. The minimum atomic E-state index is -1.21. The summed E-state index contributed by atoms with van der Waals surface area (Å²) >= 11 is 1.27. The van der Waals surface area contributed by atoms with Gasteiger partial charge < -0.3 is 4.74 Å². The fraction of sp³-hybridized carbons (Fsp3) is 1.00. The van der Waals surface area contributed by atoms with Crippen LogP contribution < -0.4 is 0 Å². The molecule has 0 aromatic carbocycles. The van der Waals surface area contributed by atoms with E-state index in [1.54, 1.807) is 0 Å². The monoisotopic (exact) mass is 316 g/mol. The van der Waals surface area contributed by atoms with E-state index < -0.39 is 16.9 Å². The molecule has 0 amide bonds. The Labute approximate surface area is 94.4 Å². The van der Waals surface area contributed by atoms with Gasteiger partial charge in [-0.2, -0.15) is 0 Å². The van der Waals surface area contributed by atoms with Gasteiger partial charge in [-0.15, -0.1) is 0 Å². The summed E-state index contributed by atoms with van der Waals surface area (Å²) in [6.07, 6.45) is 3.89. The van der Waals surface area contributed by atoms with E-state index in [4.69, 9.17) is 8.92 Å². The molecule has 2 aliphatic rings. The number of ether oxygens (including phenoxy) is 1. The summed E-state index contributed by atoms with van der Waals surface area (Å²) < 4.78 is 22.2. The average molecular weight is 316 g/mol. The summed E-state index contributed by atoms with van der Waals surface area (Å²) in [6.45, 7) is 2.24. The van der Waals surface area contributed by atoms with E-state index in [0.29, 0.717) is 3.42 Å². The van der Waals surface area contributed by atoms with Crippen molar-refractivity contribution in [3.63, 3.8) is 0 Å². The third kappa shape index (κ3) is 2.24. The molecule has 2 fully saturated rings. The topological polar surface area (TPSA) is 35.5 Å². The van der Waals surface area contributed by atoms with Crippen molar-refractivity contribution in [1.29, 1.82) is 0 Å². The maximum absolute atomic E-state index is 11.0. The minimum absolute atomic E-state index is 0.248. The Bertz CT molecular complexity index is 232. The molecule has 1 atom stereocenters. The van der Waals surface area contributed by atoms with Crippen LogP contribution in [0.2, 0.25) is 0 Å². The lowest BCUT2D eigenvalue weighted by Gasteiger charge is -2.37. The van der Waals surface area contributed by atoms with Crippen LogP contribution in [0.5, 0.6) is 0 Å². The zero-order valence-electron chi connectivity index (χ0n) is 7.55. The lowest BCUT2D eigenvalue weighted by molar-refractivity contribution is -0.157. The first kappa shape index (κ1) is 10.3. The molecule has 1 unspecified atom stereocenters. The third-order valence-electron chi connectivity index (χ3n) is 2.72. The Morgan fingerprint density at radius 2 is 1.92 bits per heavy atom. The molecule has 1 heterocycles. The molecule has 1 saturated carbocycles. The predicted octanol–water partition coefficient (Wildman–Crippen LogP) is 2.12. The molecule has 0 aromatic rings. The normalized spacial score (nSPS) is 51.4. The number of hydrogen-bond donors (Lipinski definition) is 0. The van der Waals surface area contributed by atoms with E-state index in [2.05, 4.69) is 29.5 Å². The molecule has 2 rings (SSSR count). The van der Waals surface area contributed by atoms with Crippen molar-refractivity contribution in [3.8, 4) is 0 Å². The lowest BCUT2D eigenvalue weighted by atomic mass is 9.86. The van der Waals surface area contributed by atoms with Crippen LogP contribution in [0.15, 0.2) is 0 Å². The summed E-state index contributed by atoms with van der Waals surface area (Å²) in [5, 5.41) is 0. The minimum Gasteiger partial charge on any atom is -0.333 e. The molecular weight excluding hydrogens is 303 g/mol. The molecule has 0 N–H and O–H groups in total. The van der Waals surface area contributed by atoms with Gasteiger partial charge in [0.25, 0.3) is 0 Å². The Balaban J connectivity index is 2.01. The highest BCUT2D eigenvalue weighted by atomic mass is 127. The highest BCUT2D eigenvalue weighted by Crippen LogP contribution is 2.44. The predicted molar refractivity (Wildman–Crippen MR) is 58.8 cm³/mol. The Hall–Kier alpha value is 0.800. The van der Waals surface area contributed by atoms with Crippen LogP contribution >= 0.6 is 22.6 Å². The standard InChI is InChI=1S/C8H13IO3S/c1-7(9)2-4-8(5-3-7)11-6-13(10)12-8/h2-6H2,1H3. The van der Waals surface area contributed by atoms with Crippen molar-refractivity contribution in [1.82, 2.24) is 0 Å². The van der Waals surface area contributed by atoms with Gasteiger partial charge in [0, 0.05) is 16.3 Å². The smallest absolute Gasteiger partial charge is 0.185 e. The van der Waals surface area contributed by atoms with E-state index in [1.807, 2.05) is 0 Å². The van der Waals surface area contributed by atoms with Crippen LogP contribution in [0.3, 0.4) is 0 Å². The number of alkyl halides is 1. The van der Waals surface area contributed by atoms with Gasteiger partial charge in [0.1, 0.15) is 0 Å². The van der Waals surface area contributed by atoms with E-state index in [0.717, 1.165) is 25.7 Å². The van der Waals surface area contributed by atoms with Gasteiger partial charge in [-0.25, -0.2) is 4.21 Å². The van der Waals surface area contributed by atoms with E-state index in [1.165, 1.54) is 0 Å². The van der Waals surface area contributed by atoms with Crippen molar-refractivity contribution >= 4 is 33.7 Å². The quantitative estimate of drug-likeness (QED) is 0.507. The second kappa shape index (κ2) is 3.43. The van der Waals surface area contributed by atoms with E-state index >= 15 is 0 Å². The van der Waals surface area contributed by atoms with Crippen LogP contribution in [-0.4, -0.2) is 19.4 Å². The van der Waals surface area contributed by atoms with Gasteiger partial charge in [-0.1, -0.05) is 29.5 Å². The molecule has 5 heteroatoms. The van der Waals surface area contributed by atoms with Crippen molar-refractivity contribution in [2.45, 2.75) is 41.8 Å². The molecule has 76 valence electrons. The van der Waals surface area contributed by atoms with Gasteiger partial charge >= 0.3 is 0 Å². The molecule has 0 radical (unpaired) electrons. The molecule has 1 spiro atoms. The lowest BCUT2D eigenvalue weighted by Crippen LogP contribution is -2.39. The largest absolute Gasteiger partial charge is 0.333 e. The van der Waals surface area contributed by atoms with Gasteiger partial charge in [-0.3, -0.25) is 4.18 Å². The second-order valence-corrected chi connectivity index (χ2v) is 7.59. The van der Waals surface area contributed by atoms with Crippen LogP contribution in [0, 0.1) is 0 Å². The molecular formula is C8H13IO3S. The molecule has 0 aromatic heterocycles. The maximum Gasteiger partial charge on any atom is 0.185 e. The van der Waals surface area contributed by atoms with E-state index in [-0.39, 0.29) is 5.94 Å². The third-order valence-corrected chi connectivity index (χ3v) is 4.60. The fourth-order valence-electron chi connectivity index (χ4n) is 1.75. The SMILES string of the molecule is CC1(I)CCC2(CC1)OCS(=O)O2. The summed E-state index contributed by atoms with van der Waals surface area (Å²) in [6, 6.07) is 0. The highest BCUT2D eigenvalue weighted by Gasteiger charge is 2.46. The van der Waals surface area contributed by atoms with Gasteiger partial charge in [0.2, 0.25) is 0 Å². The molecule has 1 aliphatic carbocycles. The van der Waals surface area contributed by atoms with E-state index in [9.17, 15) is 4.21 Å². The van der Waals surface area contributed by atoms with Crippen molar-refractivity contribution < 1.29 is 13.1 Å². The van der Waals surface area contributed by atoms with Crippen LogP contribution in [0.1, 0.15) is 32.6 Å². The number of halogens is 1. The highest BCUT2D eigenvalue weighted by molar-refractivity contribution is 14.1. The maximum atomic E-state index is 11.0. The second-order valence-electron chi connectivity index (χ2n) is 3.97. The number of hydrogen-bond acceptors (Lipinski definition) is 3. The summed E-state index contributed by atoms with van der Waals surface area (Å²) in [5.74, 6) is -0.256. The van der Waals surface area contributed by atoms with Crippen LogP contribution in [0.25, 0.3) is 0 Å². The van der Waals surface area contributed by atoms with Crippen molar-refractivity contribution in [2.75, 3.05) is 5.94 Å². The Morgan fingerprint density at radius 1 is 1.31 bits per heavy atom. The van der Waals surface area contributed by atoms with Gasteiger partial charge in [0.15, 0.2) is 22.8 Å². The average Bonchev–Trinajstić information content (AvgIpc) is 2.41. The fourth-order valence-corrected chi connectivity index (χ4v) is 3.20. The van der Waals surface area contributed by atoms with Crippen molar-refractivity contribution in [3.05, 3.63) is 0 Å². The zero-order valence-corrected chi connectivity index (χ0v) is 10.5. The van der Waals surface area contributed by atoms with Crippen LogP contribution in [-0.2, 0) is 20.0 Å². The first-order chi connectivity index (χ1) is 6.02. The molecule has 13 heavy (non-hydrogen) atoms. The summed E-state index contributed by atoms with van der Waals surface area (Å²) in [5.41, 5.74) is 0. The van der Waals surface area contributed by atoms with Gasteiger partial charge in [-0.05, 0) is 12.8 Å². The Morgan fingerprint density at radius 3 is 2.38 bits per heavy atom. The molecule has 1 saturated heterocycles. The Kier molecular flexibility index (Phi) is 2.72. The molecule has 1 aliphatic heterocycles. The van der Waals surface area contributed by atoms with Crippen molar-refractivity contribution in [2.24, 2.45) is 0 Å².